The van der Waals surface area contributed by atoms with Crippen molar-refractivity contribution < 1.29 is 38.9 Å². The normalized spacial score (nSPS) is 8.43. The Kier molecular flexibility index (Phi) is 17.0. The Bertz CT molecular complexity index is 414. The Morgan fingerprint density at radius 1 is 0.783 bits per heavy atom. The minimum absolute atomic E-state index is 0. The standard InChI is InChI=1S/2C7H10O4.Mg/c2*1-5(2)7(10)11-4-3-6(8)9;/h2*1,3-4H2,2H3,(H,8,9);/q;;+2/p-2. The molecule has 0 spiro atoms. The van der Waals surface area contributed by atoms with Gasteiger partial charge >= 0.3 is 35.0 Å². The molecule has 124 valence electrons. The number of aliphatic carboxylic acids is 2. The van der Waals surface area contributed by atoms with Gasteiger partial charge in [0.25, 0.3) is 0 Å². The maximum atomic E-state index is 10.6. The topological polar surface area (TPSA) is 133 Å². The first kappa shape index (κ1) is 26.0. The number of ether oxygens (including phenoxy) is 2. The van der Waals surface area contributed by atoms with Crippen LogP contribution in [0.25, 0.3) is 0 Å². The number of carbonyl (C=O) groups excluding carboxylic acids is 4. The summed E-state index contributed by atoms with van der Waals surface area (Å²) >= 11 is 0. The van der Waals surface area contributed by atoms with Crippen LogP contribution in [-0.2, 0) is 28.7 Å². The van der Waals surface area contributed by atoms with E-state index in [0.717, 1.165) is 0 Å². The molecule has 23 heavy (non-hydrogen) atoms. The molecular weight excluding hydrogens is 320 g/mol. The van der Waals surface area contributed by atoms with Gasteiger partial charge in [0, 0.05) is 35.9 Å². The zero-order valence-corrected chi connectivity index (χ0v) is 14.6. The van der Waals surface area contributed by atoms with Crippen molar-refractivity contribution in [3.63, 3.8) is 0 Å². The molecule has 0 aliphatic carbocycles. The van der Waals surface area contributed by atoms with E-state index >= 15 is 0 Å². The average molecular weight is 339 g/mol. The van der Waals surface area contributed by atoms with E-state index in [1.165, 1.54) is 13.8 Å². The van der Waals surface area contributed by atoms with Gasteiger partial charge in [-0.15, -0.1) is 0 Å². The summed E-state index contributed by atoms with van der Waals surface area (Å²) in [6.07, 6.45) is -0.558. The van der Waals surface area contributed by atoms with Crippen molar-refractivity contribution >= 4 is 46.9 Å². The number of carbonyl (C=O) groups is 4. The second kappa shape index (κ2) is 15.0. The Morgan fingerprint density at radius 2 is 1.04 bits per heavy atom. The molecule has 0 saturated heterocycles. The molecule has 0 aromatic rings. The quantitative estimate of drug-likeness (QED) is 0.285. The van der Waals surface area contributed by atoms with Gasteiger partial charge in [-0.05, 0) is 13.8 Å². The van der Waals surface area contributed by atoms with Crippen molar-refractivity contribution in [2.75, 3.05) is 13.2 Å². The smallest absolute Gasteiger partial charge is 0.550 e. The first-order valence-electron chi connectivity index (χ1n) is 6.12. The predicted molar refractivity (Wildman–Crippen MR) is 76.5 cm³/mol. The zero-order valence-electron chi connectivity index (χ0n) is 13.2. The maximum Gasteiger partial charge on any atom is 2.00 e. The molecule has 0 amide bonds. The van der Waals surface area contributed by atoms with E-state index in [4.69, 9.17) is 0 Å². The summed E-state index contributed by atoms with van der Waals surface area (Å²) in [6.45, 7) is 9.29. The average Bonchev–Trinajstić information content (AvgIpc) is 2.38. The van der Waals surface area contributed by atoms with Crippen molar-refractivity contribution in [2.24, 2.45) is 0 Å². The van der Waals surface area contributed by atoms with Crippen LogP contribution in [0.5, 0.6) is 0 Å². The molecule has 8 nitrogen and oxygen atoms in total. The van der Waals surface area contributed by atoms with Gasteiger partial charge in [0.2, 0.25) is 0 Å². The number of rotatable bonds is 8. The molecule has 0 aliphatic rings. The monoisotopic (exact) mass is 338 g/mol. The molecule has 0 unspecified atom stereocenters. The van der Waals surface area contributed by atoms with Gasteiger partial charge in [0.15, 0.2) is 0 Å². The number of hydrogen-bond acceptors (Lipinski definition) is 8. The van der Waals surface area contributed by atoms with Gasteiger partial charge in [0.1, 0.15) is 0 Å². The first-order chi connectivity index (χ1) is 10.1. The molecule has 0 aromatic carbocycles. The second-order valence-electron chi connectivity index (χ2n) is 4.08. The minimum Gasteiger partial charge on any atom is -0.550 e. The fourth-order valence-corrected chi connectivity index (χ4v) is 0.701. The summed E-state index contributed by atoms with van der Waals surface area (Å²) in [5.74, 6) is -3.63. The molecular formula is C14H18MgO8. The summed E-state index contributed by atoms with van der Waals surface area (Å²) in [6, 6.07) is 0. The van der Waals surface area contributed by atoms with Gasteiger partial charge in [-0.2, -0.15) is 0 Å². The molecule has 0 saturated carbocycles. The Labute approximate surface area is 150 Å². The van der Waals surface area contributed by atoms with E-state index in [1.54, 1.807) is 0 Å². The van der Waals surface area contributed by atoms with E-state index in [0.29, 0.717) is 0 Å². The van der Waals surface area contributed by atoms with E-state index in [-0.39, 0.29) is 60.3 Å². The Morgan fingerprint density at radius 3 is 1.22 bits per heavy atom. The minimum atomic E-state index is -1.24. The van der Waals surface area contributed by atoms with Gasteiger partial charge < -0.3 is 29.3 Å². The summed E-state index contributed by atoms with van der Waals surface area (Å²) < 4.78 is 8.91. The Balaban J connectivity index is -0.000000333. The molecule has 0 atom stereocenters. The maximum absolute atomic E-state index is 10.6. The third kappa shape index (κ3) is 20.1. The summed E-state index contributed by atoms with van der Waals surface area (Å²) in [4.78, 5) is 40.8. The van der Waals surface area contributed by atoms with Gasteiger partial charge in [0.05, 0.1) is 13.2 Å². The summed E-state index contributed by atoms with van der Waals surface area (Å²) in [7, 11) is 0. The molecule has 0 fully saturated rings. The van der Waals surface area contributed by atoms with Crippen LogP contribution in [0.4, 0.5) is 0 Å². The van der Waals surface area contributed by atoms with Gasteiger partial charge in [-0.25, -0.2) is 9.59 Å². The zero-order chi connectivity index (χ0) is 17.7. The van der Waals surface area contributed by atoms with Crippen LogP contribution in [-0.4, -0.2) is 60.1 Å². The van der Waals surface area contributed by atoms with Crippen LogP contribution in [0.1, 0.15) is 26.7 Å². The van der Waals surface area contributed by atoms with Crippen LogP contribution in [0.3, 0.4) is 0 Å². The van der Waals surface area contributed by atoms with Crippen LogP contribution in [0, 0.1) is 0 Å². The summed E-state index contributed by atoms with van der Waals surface area (Å²) in [5, 5.41) is 19.7. The van der Waals surface area contributed by atoms with Gasteiger partial charge in [-0.1, -0.05) is 13.2 Å². The molecule has 0 N–H and O–H groups in total. The molecule has 0 radical (unpaired) electrons. The predicted octanol–water partition coefficient (Wildman–Crippen LogP) is -1.89. The van der Waals surface area contributed by atoms with E-state index in [1.807, 2.05) is 0 Å². The van der Waals surface area contributed by atoms with Crippen molar-refractivity contribution in [3.8, 4) is 0 Å². The fourth-order valence-electron chi connectivity index (χ4n) is 0.701. The van der Waals surface area contributed by atoms with Crippen LogP contribution < -0.4 is 10.2 Å². The molecule has 0 heterocycles. The van der Waals surface area contributed by atoms with Crippen LogP contribution in [0.2, 0.25) is 0 Å². The Hall–Kier alpha value is -1.87. The van der Waals surface area contributed by atoms with Crippen molar-refractivity contribution in [1.82, 2.24) is 0 Å². The first-order valence-corrected chi connectivity index (χ1v) is 6.12. The molecule has 9 heteroatoms. The molecule has 0 aromatic heterocycles. The molecule has 0 aliphatic heterocycles. The fraction of sp³-hybridized carbons (Fsp3) is 0.429. The molecule has 0 rings (SSSR count). The third-order valence-corrected chi connectivity index (χ3v) is 1.78. The second-order valence-corrected chi connectivity index (χ2v) is 4.08. The van der Waals surface area contributed by atoms with E-state index < -0.39 is 23.9 Å². The SMILES string of the molecule is C=C(C)C(=O)OCCC(=O)[O-].C=C(C)C(=O)OCCC(=O)[O-].[Mg+2]. The van der Waals surface area contributed by atoms with Crippen LogP contribution >= 0.6 is 0 Å². The van der Waals surface area contributed by atoms with Crippen molar-refractivity contribution in [3.05, 3.63) is 24.3 Å². The number of esters is 2. The number of carboxylic acids is 2. The molecule has 0 bridgehead atoms. The van der Waals surface area contributed by atoms with Gasteiger partial charge in [-0.3, -0.25) is 0 Å². The summed E-state index contributed by atoms with van der Waals surface area (Å²) in [5.41, 5.74) is 0.506. The number of hydrogen-bond donors (Lipinski definition) is 0. The van der Waals surface area contributed by atoms with E-state index in [2.05, 4.69) is 22.6 Å². The van der Waals surface area contributed by atoms with Crippen molar-refractivity contribution in [2.45, 2.75) is 26.7 Å². The number of carboxylic acid groups (broad SMARTS) is 2. The van der Waals surface area contributed by atoms with E-state index in [9.17, 15) is 29.4 Å². The van der Waals surface area contributed by atoms with Crippen LogP contribution in [0.15, 0.2) is 24.3 Å². The largest absolute Gasteiger partial charge is 2.00 e. The van der Waals surface area contributed by atoms with Crippen molar-refractivity contribution in [1.29, 1.82) is 0 Å². The third-order valence-electron chi connectivity index (χ3n) is 1.78.